The van der Waals surface area contributed by atoms with E-state index in [0.29, 0.717) is 18.5 Å². The zero-order valence-electron chi connectivity index (χ0n) is 7.39. The minimum absolute atomic E-state index is 0.00248. The molecule has 4 heteroatoms. The molecule has 14 heavy (non-hydrogen) atoms. The number of carbonyl (C=O) groups excluding carboxylic acids is 1. The molecule has 0 saturated carbocycles. The molecule has 0 bridgehead atoms. The van der Waals surface area contributed by atoms with Crippen molar-refractivity contribution in [3.05, 3.63) is 34.1 Å². The van der Waals surface area contributed by atoms with Crippen LogP contribution in [0, 0.1) is 5.82 Å². The van der Waals surface area contributed by atoms with Crippen molar-refractivity contribution in [2.24, 2.45) is 0 Å². The Hall–Kier alpha value is -0.900. The number of rotatable bonds is 1. The van der Waals surface area contributed by atoms with Gasteiger partial charge in [0.2, 0.25) is 5.91 Å². The topological polar surface area (TPSA) is 29.1 Å². The van der Waals surface area contributed by atoms with E-state index in [1.807, 2.05) is 0 Å². The highest BCUT2D eigenvalue weighted by atomic mass is 79.9. The van der Waals surface area contributed by atoms with E-state index in [1.54, 1.807) is 12.1 Å². The standard InChI is InChI=1S/C10H9BrFNO/c11-7-1-2-8(9(12)4-7)6-3-10(14)13-5-6/h1-2,4,6H,3,5H2,(H,13,14). The van der Waals surface area contributed by atoms with Crippen molar-refractivity contribution < 1.29 is 9.18 Å². The zero-order valence-corrected chi connectivity index (χ0v) is 8.97. The van der Waals surface area contributed by atoms with E-state index in [9.17, 15) is 9.18 Å². The lowest BCUT2D eigenvalue weighted by Crippen LogP contribution is -2.13. The molecule has 1 fully saturated rings. The molecule has 74 valence electrons. The highest BCUT2D eigenvalue weighted by Crippen LogP contribution is 2.27. The SMILES string of the molecule is O=C1CC(c2ccc(Br)cc2F)CN1. The summed E-state index contributed by atoms with van der Waals surface area (Å²) >= 11 is 3.19. The monoisotopic (exact) mass is 257 g/mol. The average molecular weight is 258 g/mol. The molecular weight excluding hydrogens is 249 g/mol. The van der Waals surface area contributed by atoms with Gasteiger partial charge in [-0.2, -0.15) is 0 Å². The van der Waals surface area contributed by atoms with E-state index < -0.39 is 0 Å². The molecule has 1 amide bonds. The summed E-state index contributed by atoms with van der Waals surface area (Å²) in [5.74, 6) is -0.270. The normalized spacial score (nSPS) is 21.0. The fourth-order valence-corrected chi connectivity index (χ4v) is 1.99. The number of benzene rings is 1. The van der Waals surface area contributed by atoms with Crippen molar-refractivity contribution in [1.29, 1.82) is 0 Å². The Kier molecular flexibility index (Phi) is 2.54. The van der Waals surface area contributed by atoms with Crippen LogP contribution in [0.5, 0.6) is 0 Å². The number of halogens is 2. The predicted octanol–water partition coefficient (Wildman–Crippen LogP) is 2.19. The second-order valence-corrected chi connectivity index (χ2v) is 4.29. The molecule has 1 N–H and O–H groups in total. The number of nitrogens with one attached hydrogen (secondary N) is 1. The third kappa shape index (κ3) is 1.80. The zero-order chi connectivity index (χ0) is 10.1. The molecule has 1 aromatic rings. The molecular formula is C10H9BrFNO. The molecule has 0 radical (unpaired) electrons. The molecule has 1 saturated heterocycles. The molecule has 1 atom stereocenters. The van der Waals surface area contributed by atoms with Crippen molar-refractivity contribution >= 4 is 21.8 Å². The lowest BCUT2D eigenvalue weighted by Gasteiger charge is -2.08. The number of hydrogen-bond acceptors (Lipinski definition) is 1. The Morgan fingerprint density at radius 3 is 2.86 bits per heavy atom. The van der Waals surface area contributed by atoms with Crippen LogP contribution < -0.4 is 5.32 Å². The summed E-state index contributed by atoms with van der Waals surface area (Å²) in [5.41, 5.74) is 0.617. The van der Waals surface area contributed by atoms with Gasteiger partial charge < -0.3 is 5.32 Å². The van der Waals surface area contributed by atoms with Gasteiger partial charge in [0.15, 0.2) is 0 Å². The van der Waals surface area contributed by atoms with Crippen LogP contribution in [0.4, 0.5) is 4.39 Å². The Morgan fingerprint density at radius 1 is 1.50 bits per heavy atom. The first kappa shape index (κ1) is 9.65. The first-order valence-corrected chi connectivity index (χ1v) is 5.18. The molecule has 1 aromatic carbocycles. The molecule has 2 rings (SSSR count). The first-order valence-electron chi connectivity index (χ1n) is 4.38. The minimum atomic E-state index is -0.249. The van der Waals surface area contributed by atoms with Gasteiger partial charge in [0, 0.05) is 23.4 Å². The third-order valence-electron chi connectivity index (χ3n) is 2.38. The summed E-state index contributed by atoms with van der Waals surface area (Å²) in [5, 5.41) is 2.69. The Balaban J connectivity index is 2.28. The van der Waals surface area contributed by atoms with Crippen LogP contribution in [0.3, 0.4) is 0 Å². The molecule has 0 aliphatic carbocycles. The van der Waals surface area contributed by atoms with Gasteiger partial charge in [-0.25, -0.2) is 4.39 Å². The van der Waals surface area contributed by atoms with E-state index in [-0.39, 0.29) is 17.6 Å². The second kappa shape index (κ2) is 3.69. The van der Waals surface area contributed by atoms with Crippen LogP contribution in [0.2, 0.25) is 0 Å². The Labute approximate surface area is 89.6 Å². The lowest BCUT2D eigenvalue weighted by molar-refractivity contribution is -0.119. The van der Waals surface area contributed by atoms with Gasteiger partial charge in [-0.1, -0.05) is 22.0 Å². The molecule has 2 nitrogen and oxygen atoms in total. The van der Waals surface area contributed by atoms with E-state index in [0.717, 1.165) is 4.47 Å². The first-order chi connectivity index (χ1) is 6.66. The third-order valence-corrected chi connectivity index (χ3v) is 2.87. The van der Waals surface area contributed by atoms with E-state index in [1.165, 1.54) is 6.07 Å². The largest absolute Gasteiger partial charge is 0.355 e. The molecule has 1 heterocycles. The van der Waals surface area contributed by atoms with Gasteiger partial charge in [-0.3, -0.25) is 4.79 Å². The summed E-state index contributed by atoms with van der Waals surface area (Å²) in [6, 6.07) is 4.95. The van der Waals surface area contributed by atoms with Gasteiger partial charge >= 0.3 is 0 Å². The smallest absolute Gasteiger partial charge is 0.220 e. The fraction of sp³-hybridized carbons (Fsp3) is 0.300. The highest BCUT2D eigenvalue weighted by molar-refractivity contribution is 9.10. The van der Waals surface area contributed by atoms with E-state index in [4.69, 9.17) is 0 Å². The van der Waals surface area contributed by atoms with Crippen LogP contribution in [0.1, 0.15) is 17.9 Å². The van der Waals surface area contributed by atoms with Gasteiger partial charge in [-0.15, -0.1) is 0 Å². The lowest BCUT2D eigenvalue weighted by atomic mass is 9.98. The summed E-state index contributed by atoms with van der Waals surface area (Å²) < 4.78 is 14.2. The van der Waals surface area contributed by atoms with Gasteiger partial charge in [0.05, 0.1) is 0 Å². The maximum absolute atomic E-state index is 13.5. The van der Waals surface area contributed by atoms with Crippen LogP contribution in [0.25, 0.3) is 0 Å². The van der Waals surface area contributed by atoms with Crippen molar-refractivity contribution in [1.82, 2.24) is 5.32 Å². The predicted molar refractivity (Wildman–Crippen MR) is 54.5 cm³/mol. The molecule has 1 aliphatic heterocycles. The molecule has 1 unspecified atom stereocenters. The maximum Gasteiger partial charge on any atom is 0.220 e. The van der Waals surface area contributed by atoms with Crippen molar-refractivity contribution in [2.45, 2.75) is 12.3 Å². The van der Waals surface area contributed by atoms with Crippen molar-refractivity contribution in [3.63, 3.8) is 0 Å². The minimum Gasteiger partial charge on any atom is -0.355 e. The quantitative estimate of drug-likeness (QED) is 0.821. The summed E-state index contributed by atoms with van der Waals surface area (Å²) in [4.78, 5) is 11.0. The second-order valence-electron chi connectivity index (χ2n) is 3.37. The van der Waals surface area contributed by atoms with Crippen LogP contribution in [-0.2, 0) is 4.79 Å². The average Bonchev–Trinajstić information content (AvgIpc) is 2.51. The van der Waals surface area contributed by atoms with Crippen LogP contribution in [0.15, 0.2) is 22.7 Å². The number of hydrogen-bond donors (Lipinski definition) is 1. The summed E-state index contributed by atoms with van der Waals surface area (Å²) in [6.45, 7) is 0.539. The molecule has 0 spiro atoms. The van der Waals surface area contributed by atoms with E-state index in [2.05, 4.69) is 21.2 Å². The number of amides is 1. The number of carbonyl (C=O) groups is 1. The fourth-order valence-electron chi connectivity index (χ4n) is 1.66. The van der Waals surface area contributed by atoms with Crippen LogP contribution in [-0.4, -0.2) is 12.5 Å². The Morgan fingerprint density at radius 2 is 2.29 bits per heavy atom. The highest BCUT2D eigenvalue weighted by Gasteiger charge is 2.25. The van der Waals surface area contributed by atoms with Gasteiger partial charge in [0.1, 0.15) is 5.82 Å². The summed E-state index contributed by atoms with van der Waals surface area (Å²) in [7, 11) is 0. The summed E-state index contributed by atoms with van der Waals surface area (Å²) in [6.07, 6.45) is 0.387. The van der Waals surface area contributed by atoms with Crippen LogP contribution >= 0.6 is 15.9 Å². The maximum atomic E-state index is 13.5. The van der Waals surface area contributed by atoms with Gasteiger partial charge in [0.25, 0.3) is 0 Å². The molecule has 1 aliphatic rings. The van der Waals surface area contributed by atoms with Gasteiger partial charge in [-0.05, 0) is 17.7 Å². The molecule has 0 aromatic heterocycles. The Bertz CT molecular complexity index is 380. The van der Waals surface area contributed by atoms with Crippen molar-refractivity contribution in [2.75, 3.05) is 6.54 Å². The van der Waals surface area contributed by atoms with Crippen molar-refractivity contribution in [3.8, 4) is 0 Å². The van der Waals surface area contributed by atoms with E-state index >= 15 is 0 Å².